The Hall–Kier alpha value is -1.83. The van der Waals surface area contributed by atoms with Gasteiger partial charge in [-0.1, -0.05) is 0 Å². The summed E-state index contributed by atoms with van der Waals surface area (Å²) in [5, 5.41) is 11.7. The molecule has 0 atom stereocenters. The zero-order chi connectivity index (χ0) is 12.1. The number of aromatic nitrogens is 2. The molecule has 0 aliphatic carbocycles. The van der Waals surface area contributed by atoms with Gasteiger partial charge in [0.15, 0.2) is 0 Å². The number of hydrogen-bond donors (Lipinski definition) is 1. The Morgan fingerprint density at radius 2 is 2.20 bits per heavy atom. The zero-order valence-corrected chi connectivity index (χ0v) is 8.25. The predicted molar refractivity (Wildman–Crippen MR) is 45.6 cm³/mol. The fourth-order valence-electron chi connectivity index (χ4n) is 0.543. The van der Waals surface area contributed by atoms with Gasteiger partial charge in [-0.3, -0.25) is 9.35 Å². The Morgan fingerprint density at radius 1 is 1.73 bits per heavy atom. The molecule has 0 saturated carbocycles. The van der Waals surface area contributed by atoms with Crippen molar-refractivity contribution in [1.82, 2.24) is 9.78 Å². The molecule has 9 nitrogen and oxygen atoms in total. The molecule has 1 aromatic heterocycles. The minimum Gasteiger partial charge on any atom is -0.726 e. The molecule has 0 fully saturated rings. The maximum Gasteiger partial charge on any atom is 0.488 e. The van der Waals surface area contributed by atoms with Gasteiger partial charge in [-0.15, -0.1) is 4.68 Å². The fraction of sp³-hybridized carbons (Fsp3) is 0.200. The minimum atomic E-state index is -4.92. The molecule has 82 valence electrons. The van der Waals surface area contributed by atoms with Crippen LogP contribution in [0, 0.1) is 5.39 Å². The number of rotatable bonds is 0. The summed E-state index contributed by atoms with van der Waals surface area (Å²) in [6.45, 7) is 1.37. The Labute approximate surface area is 84.5 Å². The molecule has 1 heterocycles. The number of carbonyl (C=O) groups excluding carboxylic acids is 1. The molecule has 0 spiro atoms. The molecule has 15 heavy (non-hydrogen) atoms. The van der Waals surface area contributed by atoms with Crippen LogP contribution in [0.25, 0.3) is 4.98 Å². The Kier molecular flexibility index (Phi) is 4.52. The molecule has 0 radical (unpaired) electrons. The van der Waals surface area contributed by atoms with Crippen LogP contribution >= 0.6 is 0 Å². The molecule has 0 unspecified atom stereocenters. The smallest absolute Gasteiger partial charge is 0.488 e. The molecule has 0 aromatic carbocycles. The van der Waals surface area contributed by atoms with Crippen LogP contribution in [-0.4, -0.2) is 33.2 Å². The molecule has 0 aliphatic rings. The van der Waals surface area contributed by atoms with Gasteiger partial charge in [0.2, 0.25) is 10.4 Å². The van der Waals surface area contributed by atoms with Gasteiger partial charge in [-0.2, -0.15) is 0 Å². The number of hydrogen-bond acceptors (Lipinski definition) is 6. The lowest BCUT2D eigenvalue weighted by atomic mass is 10.6. The highest BCUT2D eigenvalue weighted by Crippen LogP contribution is 2.04. The Morgan fingerprint density at radius 3 is 2.40 bits per heavy atom. The quantitative estimate of drug-likeness (QED) is 0.379. The molecule has 0 bridgehead atoms. The third kappa shape index (κ3) is 7.26. The predicted octanol–water partition coefficient (Wildman–Crippen LogP) is 0.0324. The molecule has 1 aromatic rings. The average molecular weight is 234 g/mol. The summed E-state index contributed by atoms with van der Waals surface area (Å²) in [6.07, 6.45) is 1.43. The molecule has 10 heteroatoms. The van der Waals surface area contributed by atoms with Crippen molar-refractivity contribution in [3.63, 3.8) is 0 Å². The second kappa shape index (κ2) is 5.15. The highest BCUT2D eigenvalue weighted by Gasteiger charge is 2.11. The molecular formula is C5H6N4O5S. The van der Waals surface area contributed by atoms with Crippen molar-refractivity contribution < 1.29 is 22.3 Å². The van der Waals surface area contributed by atoms with E-state index in [9.17, 15) is 4.79 Å². The van der Waals surface area contributed by atoms with Crippen LogP contribution in [0.5, 0.6) is 0 Å². The monoisotopic (exact) mass is 234 g/mol. The summed E-state index contributed by atoms with van der Waals surface area (Å²) in [4.78, 5) is 13.3. The van der Waals surface area contributed by atoms with Crippen molar-refractivity contribution in [3.05, 3.63) is 17.2 Å². The van der Waals surface area contributed by atoms with Crippen LogP contribution in [0.3, 0.4) is 0 Å². The summed E-state index contributed by atoms with van der Waals surface area (Å²) < 4.78 is 33.9. The summed E-state index contributed by atoms with van der Waals surface area (Å²) in [5.74, 6) is -0.0786. The molecule has 0 aliphatic heterocycles. The van der Waals surface area contributed by atoms with Crippen molar-refractivity contribution in [2.75, 3.05) is 0 Å². The highest BCUT2D eigenvalue weighted by molar-refractivity contribution is 7.79. The lowest BCUT2D eigenvalue weighted by Gasteiger charge is -1.88. The first-order chi connectivity index (χ1) is 6.74. The Balaban J connectivity index is 0.000000336. The number of carbonyl (C=O) groups is 1. The van der Waals surface area contributed by atoms with Gasteiger partial charge in [0.05, 0.1) is 22.8 Å². The number of diazo groups is 1. The van der Waals surface area contributed by atoms with Crippen LogP contribution < -0.4 is 0 Å². The normalized spacial score (nSPS) is 9.73. The third-order valence-electron chi connectivity index (χ3n) is 1.00. The van der Waals surface area contributed by atoms with E-state index in [-0.39, 0.29) is 11.7 Å². The van der Waals surface area contributed by atoms with E-state index in [2.05, 4.69) is 10.1 Å². The van der Waals surface area contributed by atoms with Crippen molar-refractivity contribution in [2.24, 2.45) is 0 Å². The first-order valence-electron chi connectivity index (χ1n) is 3.34. The second-order valence-electron chi connectivity index (χ2n) is 2.17. The van der Waals surface area contributed by atoms with Gasteiger partial charge in [0, 0.05) is 11.9 Å². The molecular weight excluding hydrogens is 228 g/mol. The van der Waals surface area contributed by atoms with Crippen LogP contribution in [0.2, 0.25) is 0 Å². The van der Waals surface area contributed by atoms with Crippen molar-refractivity contribution in [1.29, 1.82) is 5.39 Å². The SMILES string of the molecule is CC(=O)n1ccc([N+]#N)n1.O=S(=O)([O-])O. The van der Waals surface area contributed by atoms with Gasteiger partial charge in [-0.05, 0) is 0 Å². The van der Waals surface area contributed by atoms with Crippen molar-refractivity contribution in [2.45, 2.75) is 6.92 Å². The zero-order valence-electron chi connectivity index (χ0n) is 7.43. The van der Waals surface area contributed by atoms with Crippen molar-refractivity contribution >= 4 is 22.1 Å². The largest absolute Gasteiger partial charge is 0.726 e. The second-order valence-corrected chi connectivity index (χ2v) is 3.02. The summed E-state index contributed by atoms with van der Waals surface area (Å²) in [6, 6.07) is 1.43. The molecule has 0 saturated heterocycles. The minimum absolute atomic E-state index is 0.134. The third-order valence-corrected chi connectivity index (χ3v) is 1.00. The van der Waals surface area contributed by atoms with Gasteiger partial charge in [0.25, 0.3) is 5.91 Å². The van der Waals surface area contributed by atoms with Gasteiger partial charge in [-0.25, -0.2) is 8.42 Å². The maximum atomic E-state index is 10.6. The van der Waals surface area contributed by atoms with Gasteiger partial charge >= 0.3 is 5.82 Å². The first kappa shape index (κ1) is 13.2. The van der Waals surface area contributed by atoms with E-state index in [1.165, 1.54) is 19.2 Å². The number of nitrogens with zero attached hydrogens (tertiary/aromatic N) is 4. The van der Waals surface area contributed by atoms with Gasteiger partial charge in [0.1, 0.15) is 0 Å². The van der Waals surface area contributed by atoms with Crippen LogP contribution in [0.4, 0.5) is 5.82 Å². The standard InChI is InChI=1S/C5H5N4O.H2O4S/c1-4(10)9-3-2-5(7-6)8-9;1-5(2,3)4/h2-3H,1H3;(H2,1,2,3,4)/q+1;/p-1. The van der Waals surface area contributed by atoms with Gasteiger partial charge < -0.3 is 4.55 Å². The maximum absolute atomic E-state index is 10.6. The van der Waals surface area contributed by atoms with Crippen LogP contribution in [0.15, 0.2) is 12.3 Å². The topological polar surface area (TPSA) is 140 Å². The van der Waals surface area contributed by atoms with E-state index in [1.807, 2.05) is 0 Å². The van der Waals surface area contributed by atoms with Crippen LogP contribution in [-0.2, 0) is 10.4 Å². The van der Waals surface area contributed by atoms with Crippen LogP contribution in [0.1, 0.15) is 11.7 Å². The van der Waals surface area contributed by atoms with Crippen molar-refractivity contribution in [3.8, 4) is 0 Å². The highest BCUT2D eigenvalue weighted by atomic mass is 32.3. The summed E-state index contributed by atoms with van der Waals surface area (Å²) in [7, 11) is -4.92. The van der Waals surface area contributed by atoms with E-state index in [4.69, 9.17) is 22.9 Å². The van der Waals surface area contributed by atoms with E-state index in [0.717, 1.165) is 4.68 Å². The lowest BCUT2D eigenvalue weighted by molar-refractivity contribution is 0.0921. The average Bonchev–Trinajstić information content (AvgIpc) is 2.48. The fourth-order valence-corrected chi connectivity index (χ4v) is 0.543. The lowest BCUT2D eigenvalue weighted by Crippen LogP contribution is -2.04. The van der Waals surface area contributed by atoms with E-state index >= 15 is 0 Å². The molecule has 1 N–H and O–H groups in total. The summed E-state index contributed by atoms with van der Waals surface area (Å²) >= 11 is 0. The molecule has 1 rings (SSSR count). The summed E-state index contributed by atoms with van der Waals surface area (Å²) in [5.41, 5.74) is 0. The molecule has 0 amide bonds. The first-order valence-corrected chi connectivity index (χ1v) is 4.70. The van der Waals surface area contributed by atoms with E-state index < -0.39 is 10.4 Å². The van der Waals surface area contributed by atoms with E-state index in [1.54, 1.807) is 0 Å². The Bertz CT molecular complexity index is 476. The van der Waals surface area contributed by atoms with E-state index in [0.29, 0.717) is 0 Å².